The fourth-order valence-corrected chi connectivity index (χ4v) is 2.81. The van der Waals surface area contributed by atoms with E-state index in [1.165, 1.54) is 10.7 Å². The topological polar surface area (TPSA) is 47.3 Å². The van der Waals surface area contributed by atoms with E-state index < -0.39 is 6.43 Å². The zero-order valence-electron chi connectivity index (χ0n) is 13.1. The van der Waals surface area contributed by atoms with Crippen LogP contribution < -0.4 is 3.07 Å². The van der Waals surface area contributed by atoms with Gasteiger partial charge < -0.3 is 8.17 Å². The van der Waals surface area contributed by atoms with Crippen LogP contribution in [0.5, 0.6) is 5.75 Å². The van der Waals surface area contributed by atoms with E-state index in [-0.39, 0.29) is 12.3 Å². The highest BCUT2D eigenvalue weighted by molar-refractivity contribution is 14.1. The van der Waals surface area contributed by atoms with Crippen LogP contribution in [0.25, 0.3) is 16.9 Å². The van der Waals surface area contributed by atoms with Gasteiger partial charge in [-0.2, -0.15) is 5.10 Å². The van der Waals surface area contributed by atoms with E-state index >= 15 is 0 Å². The summed E-state index contributed by atoms with van der Waals surface area (Å²) in [6.07, 6.45) is -2.09. The lowest BCUT2D eigenvalue weighted by atomic mass is 10.1. The van der Waals surface area contributed by atoms with Crippen LogP contribution in [-0.2, 0) is 6.42 Å². The summed E-state index contributed by atoms with van der Waals surface area (Å²) in [6.45, 7) is 0.0675. The second kappa shape index (κ2) is 7.92. The number of aromatic nitrogens is 2. The minimum absolute atomic E-state index is 0.0675. The number of rotatable bonds is 6. The van der Waals surface area contributed by atoms with Crippen LogP contribution in [0.4, 0.5) is 8.78 Å². The first-order valence-electron chi connectivity index (χ1n) is 7.59. The molecule has 0 aliphatic rings. The Morgan fingerprint density at radius 3 is 2.32 bits per heavy atom. The molecule has 25 heavy (non-hydrogen) atoms. The molecule has 0 saturated carbocycles. The van der Waals surface area contributed by atoms with Gasteiger partial charge in [0.15, 0.2) is 23.0 Å². The van der Waals surface area contributed by atoms with Crippen LogP contribution in [-0.4, -0.2) is 21.5 Å². The molecule has 0 spiro atoms. The van der Waals surface area contributed by atoms with E-state index in [0.717, 1.165) is 11.1 Å². The Labute approximate surface area is 157 Å². The van der Waals surface area contributed by atoms with Crippen molar-refractivity contribution in [3.63, 3.8) is 0 Å². The van der Waals surface area contributed by atoms with Gasteiger partial charge in [-0.05, 0) is 42.3 Å². The predicted molar refractivity (Wildman–Crippen MR) is 99.4 cm³/mol. The molecule has 0 amide bonds. The van der Waals surface area contributed by atoms with Crippen molar-refractivity contribution in [3.8, 4) is 22.7 Å². The average molecular weight is 456 g/mol. The van der Waals surface area contributed by atoms with Gasteiger partial charge in [0.05, 0.1) is 11.4 Å². The summed E-state index contributed by atoms with van der Waals surface area (Å²) in [5.41, 5.74) is 2.72. The zero-order valence-corrected chi connectivity index (χ0v) is 15.2. The van der Waals surface area contributed by atoms with Crippen molar-refractivity contribution in [2.24, 2.45) is 0 Å². The number of hydrogen-bond acceptors (Lipinski definition) is 3. The molecule has 0 radical (unpaired) electrons. The summed E-state index contributed by atoms with van der Waals surface area (Å²) in [5.74, 6) is 0.667. The van der Waals surface area contributed by atoms with Gasteiger partial charge in [0.25, 0.3) is 6.43 Å². The molecule has 0 atom stereocenters. The maximum absolute atomic E-state index is 13.2. The van der Waals surface area contributed by atoms with Crippen molar-refractivity contribution in [2.45, 2.75) is 12.8 Å². The Bertz CT molecular complexity index is 833. The second-order valence-corrected chi connectivity index (χ2v) is 5.85. The number of benzene rings is 2. The SMILES string of the molecule is OCCc1ccc(-c2cc(C(F)F)nn2-c2ccc(OI)cc2)cc1. The first kappa shape index (κ1) is 17.8. The van der Waals surface area contributed by atoms with Gasteiger partial charge in [0, 0.05) is 12.2 Å². The van der Waals surface area contributed by atoms with E-state index in [4.69, 9.17) is 8.17 Å². The molecule has 0 saturated heterocycles. The molecular formula is C18H15F2IN2O2. The molecule has 0 unspecified atom stereocenters. The summed E-state index contributed by atoms with van der Waals surface area (Å²) < 4.78 is 32.9. The molecule has 0 aliphatic carbocycles. The van der Waals surface area contributed by atoms with E-state index in [2.05, 4.69) is 5.10 Å². The molecule has 0 aliphatic heterocycles. The number of aliphatic hydroxyl groups is 1. The smallest absolute Gasteiger partial charge is 0.282 e. The van der Waals surface area contributed by atoms with Crippen molar-refractivity contribution in [3.05, 3.63) is 65.9 Å². The number of alkyl halides is 2. The Morgan fingerprint density at radius 2 is 1.76 bits per heavy atom. The predicted octanol–water partition coefficient (Wildman–Crippen LogP) is 4.74. The molecule has 0 fully saturated rings. The van der Waals surface area contributed by atoms with Gasteiger partial charge in [-0.1, -0.05) is 24.3 Å². The van der Waals surface area contributed by atoms with Crippen LogP contribution in [0.2, 0.25) is 0 Å². The third-order valence-electron chi connectivity index (χ3n) is 3.77. The summed E-state index contributed by atoms with van der Waals surface area (Å²) in [7, 11) is 0. The molecule has 2 aromatic carbocycles. The largest absolute Gasteiger partial charge is 0.428 e. The van der Waals surface area contributed by atoms with E-state index in [1.54, 1.807) is 47.3 Å². The fourth-order valence-electron chi connectivity index (χ4n) is 2.52. The monoisotopic (exact) mass is 456 g/mol. The number of aliphatic hydroxyl groups excluding tert-OH is 1. The Hall–Kier alpha value is -2.00. The standard InChI is InChI=1S/C18H15F2IN2O2/c19-18(20)16-11-17(13-3-1-12(2-4-13)9-10-24)23(22-16)14-5-7-15(25-21)8-6-14/h1-8,11,18,24H,9-10H2. The molecule has 1 heterocycles. The highest BCUT2D eigenvalue weighted by Gasteiger charge is 2.17. The third kappa shape index (κ3) is 3.98. The van der Waals surface area contributed by atoms with E-state index in [1.807, 2.05) is 24.3 Å². The molecule has 4 nitrogen and oxygen atoms in total. The summed E-state index contributed by atoms with van der Waals surface area (Å²) in [6, 6.07) is 15.9. The lowest BCUT2D eigenvalue weighted by Crippen LogP contribution is -2.00. The number of hydrogen-bond donors (Lipinski definition) is 1. The molecule has 3 rings (SSSR count). The highest BCUT2D eigenvalue weighted by Crippen LogP contribution is 2.29. The molecule has 130 valence electrons. The van der Waals surface area contributed by atoms with Gasteiger partial charge in [-0.15, -0.1) is 0 Å². The average Bonchev–Trinajstić information content (AvgIpc) is 3.08. The van der Waals surface area contributed by atoms with Gasteiger partial charge in [-0.25, -0.2) is 13.5 Å². The normalized spacial score (nSPS) is 11.1. The summed E-state index contributed by atoms with van der Waals surface area (Å²) in [5, 5.41) is 13.1. The van der Waals surface area contributed by atoms with Crippen molar-refractivity contribution in [2.75, 3.05) is 6.61 Å². The molecule has 0 bridgehead atoms. The first-order chi connectivity index (χ1) is 12.1. The molecular weight excluding hydrogens is 441 g/mol. The Balaban J connectivity index is 2.04. The van der Waals surface area contributed by atoms with Gasteiger partial charge in [-0.3, -0.25) is 0 Å². The molecule has 1 N–H and O–H groups in total. The summed E-state index contributed by atoms with van der Waals surface area (Å²) >= 11 is 1.78. The minimum atomic E-state index is -2.65. The lowest BCUT2D eigenvalue weighted by molar-refractivity contribution is 0.145. The third-order valence-corrected chi connectivity index (χ3v) is 4.28. The highest BCUT2D eigenvalue weighted by atomic mass is 127. The zero-order chi connectivity index (χ0) is 17.8. The minimum Gasteiger partial charge on any atom is -0.428 e. The second-order valence-electron chi connectivity index (χ2n) is 5.41. The van der Waals surface area contributed by atoms with Crippen molar-refractivity contribution < 1.29 is 17.0 Å². The van der Waals surface area contributed by atoms with Crippen molar-refractivity contribution in [1.29, 1.82) is 0 Å². The molecule has 7 heteroatoms. The van der Waals surface area contributed by atoms with Crippen molar-refractivity contribution in [1.82, 2.24) is 9.78 Å². The van der Waals surface area contributed by atoms with E-state index in [0.29, 0.717) is 23.6 Å². The van der Waals surface area contributed by atoms with Crippen LogP contribution in [0.15, 0.2) is 54.6 Å². The fraction of sp³-hybridized carbons (Fsp3) is 0.167. The Kier molecular flexibility index (Phi) is 5.64. The van der Waals surface area contributed by atoms with Gasteiger partial charge in [0.1, 0.15) is 11.4 Å². The first-order valence-corrected chi connectivity index (χ1v) is 8.48. The van der Waals surface area contributed by atoms with Crippen LogP contribution in [0.1, 0.15) is 17.7 Å². The molecule has 3 aromatic rings. The van der Waals surface area contributed by atoms with Gasteiger partial charge in [0.2, 0.25) is 0 Å². The Morgan fingerprint density at radius 1 is 1.08 bits per heavy atom. The number of halogens is 3. The molecule has 1 aromatic heterocycles. The maximum atomic E-state index is 13.2. The number of nitrogens with zero attached hydrogens (tertiary/aromatic N) is 2. The summed E-state index contributed by atoms with van der Waals surface area (Å²) in [4.78, 5) is 0. The lowest BCUT2D eigenvalue weighted by Gasteiger charge is -2.09. The van der Waals surface area contributed by atoms with Gasteiger partial charge >= 0.3 is 0 Å². The van der Waals surface area contributed by atoms with Crippen LogP contribution >= 0.6 is 23.0 Å². The quantitative estimate of drug-likeness (QED) is 0.546. The van der Waals surface area contributed by atoms with Crippen LogP contribution in [0.3, 0.4) is 0 Å². The van der Waals surface area contributed by atoms with E-state index in [9.17, 15) is 8.78 Å². The van der Waals surface area contributed by atoms with Crippen molar-refractivity contribution >= 4 is 23.0 Å². The van der Waals surface area contributed by atoms with Crippen LogP contribution in [0, 0.1) is 0 Å². The maximum Gasteiger partial charge on any atom is 0.282 e.